The van der Waals surface area contributed by atoms with Crippen LogP contribution in [0.2, 0.25) is 0 Å². The molecule has 1 fully saturated rings. The standard InChI is InChI=1S/C8H10/c1-3-6-4-7-5-8(6,7)2/h3-4,7H,1,5H2,2H3/t7?,8-/m0/s1. The van der Waals surface area contributed by atoms with Crippen LogP contribution in [0.4, 0.5) is 0 Å². The molecule has 2 aliphatic rings. The molecule has 0 saturated heterocycles. The van der Waals surface area contributed by atoms with E-state index in [4.69, 9.17) is 0 Å². The van der Waals surface area contributed by atoms with Crippen molar-refractivity contribution in [2.24, 2.45) is 11.3 Å². The molecule has 0 heterocycles. The number of fused-ring (bicyclic) bond motifs is 1. The molecule has 0 heteroatoms. The van der Waals surface area contributed by atoms with Crippen molar-refractivity contribution in [1.82, 2.24) is 0 Å². The lowest BCUT2D eigenvalue weighted by atomic mass is 9.86. The van der Waals surface area contributed by atoms with Crippen molar-refractivity contribution >= 4 is 0 Å². The fraction of sp³-hybridized carbons (Fsp3) is 0.500. The normalized spacial score (nSPS) is 48.6. The molecule has 42 valence electrons. The van der Waals surface area contributed by atoms with Crippen LogP contribution in [0, 0.1) is 11.3 Å². The molecule has 1 unspecified atom stereocenters. The molecule has 0 aromatic carbocycles. The van der Waals surface area contributed by atoms with Gasteiger partial charge in [-0.15, -0.1) is 0 Å². The van der Waals surface area contributed by atoms with E-state index < -0.39 is 0 Å². The minimum absolute atomic E-state index is 0.599. The van der Waals surface area contributed by atoms with Gasteiger partial charge in [0.1, 0.15) is 0 Å². The molecule has 0 bridgehead atoms. The summed E-state index contributed by atoms with van der Waals surface area (Å²) in [4.78, 5) is 0. The first-order valence-corrected chi connectivity index (χ1v) is 3.12. The van der Waals surface area contributed by atoms with Crippen LogP contribution < -0.4 is 0 Å². The van der Waals surface area contributed by atoms with Crippen LogP contribution in [-0.2, 0) is 0 Å². The molecule has 0 spiro atoms. The van der Waals surface area contributed by atoms with E-state index in [0.717, 1.165) is 5.92 Å². The van der Waals surface area contributed by atoms with Crippen LogP contribution >= 0.6 is 0 Å². The molecule has 0 aliphatic heterocycles. The van der Waals surface area contributed by atoms with Gasteiger partial charge in [-0.3, -0.25) is 0 Å². The van der Waals surface area contributed by atoms with Gasteiger partial charge in [0.05, 0.1) is 0 Å². The summed E-state index contributed by atoms with van der Waals surface area (Å²) in [5, 5.41) is 0. The Labute approximate surface area is 49.9 Å². The predicted molar refractivity (Wildman–Crippen MR) is 34.5 cm³/mol. The molecule has 0 N–H and O–H groups in total. The number of rotatable bonds is 1. The molecule has 0 nitrogen and oxygen atoms in total. The number of allylic oxidation sites excluding steroid dienone is 3. The molecular formula is C8H10. The van der Waals surface area contributed by atoms with Gasteiger partial charge in [0.25, 0.3) is 0 Å². The Morgan fingerprint density at radius 2 is 2.75 bits per heavy atom. The Balaban J connectivity index is 2.32. The number of hydrogen-bond acceptors (Lipinski definition) is 0. The summed E-state index contributed by atoms with van der Waals surface area (Å²) in [6.07, 6.45) is 5.70. The van der Waals surface area contributed by atoms with Crippen molar-refractivity contribution in [3.05, 3.63) is 24.3 Å². The summed E-state index contributed by atoms with van der Waals surface area (Å²) in [6.45, 7) is 6.05. The van der Waals surface area contributed by atoms with E-state index in [9.17, 15) is 0 Å². The van der Waals surface area contributed by atoms with Crippen molar-refractivity contribution in [1.29, 1.82) is 0 Å². The Hall–Kier alpha value is -0.520. The molecule has 2 aliphatic carbocycles. The van der Waals surface area contributed by atoms with Crippen molar-refractivity contribution < 1.29 is 0 Å². The molecule has 0 amide bonds. The minimum Gasteiger partial charge on any atom is -0.0988 e. The molecule has 0 aromatic rings. The van der Waals surface area contributed by atoms with Crippen LogP contribution in [0.3, 0.4) is 0 Å². The Bertz CT molecular complexity index is 176. The van der Waals surface area contributed by atoms with Crippen molar-refractivity contribution in [3.8, 4) is 0 Å². The van der Waals surface area contributed by atoms with Gasteiger partial charge in [0.2, 0.25) is 0 Å². The first-order chi connectivity index (χ1) is 3.77. The fourth-order valence-electron chi connectivity index (χ4n) is 1.58. The van der Waals surface area contributed by atoms with Crippen LogP contribution in [0.5, 0.6) is 0 Å². The quantitative estimate of drug-likeness (QED) is 0.480. The molecule has 1 saturated carbocycles. The van der Waals surface area contributed by atoms with Crippen LogP contribution in [0.15, 0.2) is 24.3 Å². The van der Waals surface area contributed by atoms with Gasteiger partial charge in [-0.05, 0) is 23.3 Å². The lowest BCUT2D eigenvalue weighted by Gasteiger charge is -2.19. The maximum atomic E-state index is 3.74. The predicted octanol–water partition coefficient (Wildman–Crippen LogP) is 2.14. The summed E-state index contributed by atoms with van der Waals surface area (Å²) in [6, 6.07) is 0. The second-order valence-corrected chi connectivity index (χ2v) is 3.05. The average Bonchev–Trinajstić information content (AvgIpc) is 2.21. The highest BCUT2D eigenvalue weighted by atomic mass is 14.6. The fourth-order valence-corrected chi connectivity index (χ4v) is 1.58. The van der Waals surface area contributed by atoms with Crippen molar-refractivity contribution in [2.75, 3.05) is 0 Å². The summed E-state index contributed by atoms with van der Waals surface area (Å²) >= 11 is 0. The summed E-state index contributed by atoms with van der Waals surface area (Å²) in [5.74, 6) is 0.926. The lowest BCUT2D eigenvalue weighted by molar-refractivity contribution is 0.605. The third kappa shape index (κ3) is 0.262. The summed E-state index contributed by atoms with van der Waals surface area (Å²) in [5.41, 5.74) is 2.07. The molecule has 0 radical (unpaired) electrons. The molecule has 0 aromatic heterocycles. The van der Waals surface area contributed by atoms with Gasteiger partial charge in [-0.1, -0.05) is 25.7 Å². The van der Waals surface area contributed by atoms with Crippen LogP contribution in [0.1, 0.15) is 13.3 Å². The second-order valence-electron chi connectivity index (χ2n) is 3.05. The van der Waals surface area contributed by atoms with Crippen molar-refractivity contribution in [2.45, 2.75) is 13.3 Å². The molecule has 2 atom stereocenters. The SMILES string of the molecule is C=CC1=CC2C[C@@]12C. The summed E-state index contributed by atoms with van der Waals surface area (Å²) in [7, 11) is 0. The Morgan fingerprint density at radius 3 is 2.88 bits per heavy atom. The second kappa shape index (κ2) is 0.928. The third-order valence-electron chi connectivity index (χ3n) is 2.56. The van der Waals surface area contributed by atoms with Crippen LogP contribution in [0.25, 0.3) is 0 Å². The molecular weight excluding hydrogens is 96.1 g/mol. The van der Waals surface area contributed by atoms with E-state index in [1.54, 1.807) is 0 Å². The molecule has 2 rings (SSSR count). The average molecular weight is 106 g/mol. The monoisotopic (exact) mass is 106 g/mol. The van der Waals surface area contributed by atoms with E-state index in [2.05, 4.69) is 19.6 Å². The van der Waals surface area contributed by atoms with Gasteiger partial charge < -0.3 is 0 Å². The van der Waals surface area contributed by atoms with E-state index in [-0.39, 0.29) is 0 Å². The van der Waals surface area contributed by atoms with Gasteiger partial charge in [-0.25, -0.2) is 0 Å². The first-order valence-electron chi connectivity index (χ1n) is 3.12. The zero-order valence-electron chi connectivity index (χ0n) is 5.15. The largest absolute Gasteiger partial charge is 0.0988 e. The first kappa shape index (κ1) is 4.37. The van der Waals surface area contributed by atoms with Gasteiger partial charge in [0, 0.05) is 0 Å². The highest BCUT2D eigenvalue weighted by Gasteiger charge is 2.56. The maximum absolute atomic E-state index is 3.74. The van der Waals surface area contributed by atoms with E-state index in [1.807, 2.05) is 6.08 Å². The van der Waals surface area contributed by atoms with E-state index >= 15 is 0 Å². The Kier molecular flexibility index (Phi) is 0.507. The zero-order chi connectivity index (χ0) is 5.78. The van der Waals surface area contributed by atoms with E-state index in [1.165, 1.54) is 12.0 Å². The van der Waals surface area contributed by atoms with Gasteiger partial charge in [-0.2, -0.15) is 0 Å². The highest BCUT2D eigenvalue weighted by Crippen LogP contribution is 2.66. The number of hydrogen-bond donors (Lipinski definition) is 0. The summed E-state index contributed by atoms with van der Waals surface area (Å²) < 4.78 is 0. The van der Waals surface area contributed by atoms with Crippen LogP contribution in [-0.4, -0.2) is 0 Å². The van der Waals surface area contributed by atoms with E-state index in [0.29, 0.717) is 5.41 Å². The van der Waals surface area contributed by atoms with Gasteiger partial charge in [0.15, 0.2) is 0 Å². The highest BCUT2D eigenvalue weighted by molar-refractivity contribution is 5.45. The molecule has 8 heavy (non-hydrogen) atoms. The van der Waals surface area contributed by atoms with Crippen molar-refractivity contribution in [3.63, 3.8) is 0 Å². The maximum Gasteiger partial charge on any atom is -0.000937 e. The third-order valence-corrected chi connectivity index (χ3v) is 2.56. The smallest absolute Gasteiger partial charge is 0.000937 e. The lowest BCUT2D eigenvalue weighted by Crippen LogP contribution is -2.08. The topological polar surface area (TPSA) is 0 Å². The zero-order valence-corrected chi connectivity index (χ0v) is 5.15. The minimum atomic E-state index is 0.599. The van der Waals surface area contributed by atoms with Gasteiger partial charge >= 0.3 is 0 Å². The Morgan fingerprint density at radius 1 is 2.00 bits per heavy atom.